The number of carboxylic acid groups (broad SMARTS) is 1. The molecule has 0 spiro atoms. The second-order valence-corrected chi connectivity index (χ2v) is 4.89. The molecule has 0 aliphatic heterocycles. The Kier molecular flexibility index (Phi) is 5.02. The number of benzene rings is 2. The molecule has 0 atom stereocenters. The van der Waals surface area contributed by atoms with E-state index in [1.54, 1.807) is 0 Å². The number of aryl methyl sites for hydroxylation is 1. The van der Waals surface area contributed by atoms with Gasteiger partial charge in [-0.1, -0.05) is 35.9 Å². The molecule has 0 heterocycles. The summed E-state index contributed by atoms with van der Waals surface area (Å²) in [4.78, 5) is 10.6. The van der Waals surface area contributed by atoms with E-state index in [0.717, 1.165) is 16.9 Å². The summed E-state index contributed by atoms with van der Waals surface area (Å²) in [6.07, 6.45) is 0.633. The predicted octanol–water partition coefficient (Wildman–Crippen LogP) is 3.94. The minimum absolute atomic E-state index is 0.126. The van der Waals surface area contributed by atoms with Crippen LogP contribution in [0, 0.1) is 0 Å². The zero-order valence-corrected chi connectivity index (χ0v) is 11.6. The summed E-state index contributed by atoms with van der Waals surface area (Å²) in [6.45, 7) is 0.458. The normalized spacial score (nSPS) is 10.2. The first-order chi connectivity index (χ1) is 9.63. The Labute approximate surface area is 122 Å². The highest BCUT2D eigenvalue weighted by molar-refractivity contribution is 6.30. The Morgan fingerprint density at radius 1 is 1.10 bits per heavy atom. The van der Waals surface area contributed by atoms with Gasteiger partial charge in [-0.25, -0.2) is 0 Å². The van der Waals surface area contributed by atoms with Gasteiger partial charge in [0.25, 0.3) is 0 Å². The van der Waals surface area contributed by atoms with Crippen molar-refractivity contribution in [3.05, 3.63) is 64.7 Å². The summed E-state index contributed by atoms with van der Waals surface area (Å²) in [7, 11) is 0. The van der Waals surface area contributed by atoms with Gasteiger partial charge in [-0.15, -0.1) is 0 Å². The van der Waals surface area contributed by atoms with Crippen molar-refractivity contribution in [2.24, 2.45) is 0 Å². The highest BCUT2D eigenvalue weighted by Crippen LogP contribution is 2.17. The lowest BCUT2D eigenvalue weighted by Crippen LogP contribution is -1.99. The van der Waals surface area contributed by atoms with Gasteiger partial charge in [-0.3, -0.25) is 4.79 Å². The maximum absolute atomic E-state index is 10.6. The Hall–Kier alpha value is -2.00. The lowest BCUT2D eigenvalue weighted by molar-refractivity contribution is -0.136. The van der Waals surface area contributed by atoms with Crippen molar-refractivity contribution in [2.45, 2.75) is 19.4 Å². The van der Waals surface area contributed by atoms with Crippen LogP contribution in [0.1, 0.15) is 17.5 Å². The summed E-state index contributed by atoms with van der Waals surface area (Å²) in [5.74, 6) is -0.0553. The molecule has 0 aromatic heterocycles. The molecule has 0 fully saturated rings. The molecule has 4 heteroatoms. The highest BCUT2D eigenvalue weighted by atomic mass is 35.5. The van der Waals surface area contributed by atoms with Crippen LogP contribution in [-0.2, 0) is 17.8 Å². The van der Waals surface area contributed by atoms with E-state index in [2.05, 4.69) is 0 Å². The van der Waals surface area contributed by atoms with Gasteiger partial charge in [0.15, 0.2) is 0 Å². The summed E-state index contributed by atoms with van der Waals surface area (Å²) in [6, 6.07) is 15.0. The Morgan fingerprint density at radius 3 is 2.55 bits per heavy atom. The van der Waals surface area contributed by atoms with E-state index >= 15 is 0 Å². The predicted molar refractivity (Wildman–Crippen MR) is 78.2 cm³/mol. The van der Waals surface area contributed by atoms with Gasteiger partial charge >= 0.3 is 5.97 Å². The van der Waals surface area contributed by atoms with Crippen LogP contribution in [0.3, 0.4) is 0 Å². The number of ether oxygens (including phenoxy) is 1. The highest BCUT2D eigenvalue weighted by Gasteiger charge is 2.01. The molecule has 2 aromatic rings. The fourth-order valence-corrected chi connectivity index (χ4v) is 1.92. The number of hydrogen-bond acceptors (Lipinski definition) is 2. The van der Waals surface area contributed by atoms with Gasteiger partial charge in [-0.05, 0) is 41.8 Å². The van der Waals surface area contributed by atoms with Crippen molar-refractivity contribution in [2.75, 3.05) is 0 Å². The maximum atomic E-state index is 10.6. The fourth-order valence-electron chi connectivity index (χ4n) is 1.79. The lowest BCUT2D eigenvalue weighted by atomic mass is 10.1. The minimum atomic E-state index is -0.794. The third kappa shape index (κ3) is 4.59. The van der Waals surface area contributed by atoms with E-state index in [-0.39, 0.29) is 6.42 Å². The number of carbonyl (C=O) groups is 1. The SMILES string of the molecule is O=C(O)CCc1cccc(OCc2ccc(Cl)cc2)c1. The van der Waals surface area contributed by atoms with Gasteiger partial charge in [0, 0.05) is 11.4 Å². The molecule has 0 saturated heterocycles. The van der Waals surface area contributed by atoms with Crippen molar-refractivity contribution < 1.29 is 14.6 Å². The van der Waals surface area contributed by atoms with Crippen LogP contribution in [-0.4, -0.2) is 11.1 Å². The zero-order valence-electron chi connectivity index (χ0n) is 10.9. The number of hydrogen-bond donors (Lipinski definition) is 1. The molecule has 0 aliphatic rings. The maximum Gasteiger partial charge on any atom is 0.303 e. The van der Waals surface area contributed by atoms with Crippen molar-refractivity contribution in [1.29, 1.82) is 0 Å². The van der Waals surface area contributed by atoms with E-state index in [1.165, 1.54) is 0 Å². The van der Waals surface area contributed by atoms with Crippen molar-refractivity contribution >= 4 is 17.6 Å². The molecule has 0 bridgehead atoms. The molecule has 0 unspecified atom stereocenters. The van der Waals surface area contributed by atoms with Gasteiger partial charge < -0.3 is 9.84 Å². The molecular formula is C16H15ClO3. The van der Waals surface area contributed by atoms with Crippen LogP contribution in [0.2, 0.25) is 5.02 Å². The smallest absolute Gasteiger partial charge is 0.303 e. The first-order valence-corrected chi connectivity index (χ1v) is 6.69. The Balaban J connectivity index is 1.94. The second-order valence-electron chi connectivity index (χ2n) is 4.46. The second kappa shape index (κ2) is 6.96. The fraction of sp³-hybridized carbons (Fsp3) is 0.188. The first-order valence-electron chi connectivity index (χ1n) is 6.31. The van der Waals surface area contributed by atoms with Crippen molar-refractivity contribution in [3.8, 4) is 5.75 Å². The van der Waals surface area contributed by atoms with Gasteiger partial charge in [0.05, 0.1) is 0 Å². The minimum Gasteiger partial charge on any atom is -0.489 e. The van der Waals surface area contributed by atoms with Crippen LogP contribution in [0.4, 0.5) is 0 Å². The van der Waals surface area contributed by atoms with Crippen molar-refractivity contribution in [1.82, 2.24) is 0 Å². The number of carboxylic acids is 1. The summed E-state index contributed by atoms with van der Waals surface area (Å²) >= 11 is 5.82. The summed E-state index contributed by atoms with van der Waals surface area (Å²) < 4.78 is 5.69. The largest absolute Gasteiger partial charge is 0.489 e. The van der Waals surface area contributed by atoms with E-state index in [0.29, 0.717) is 18.1 Å². The monoisotopic (exact) mass is 290 g/mol. The first kappa shape index (κ1) is 14.4. The summed E-state index contributed by atoms with van der Waals surface area (Å²) in [5, 5.41) is 9.38. The molecule has 3 nitrogen and oxygen atoms in total. The van der Waals surface area contributed by atoms with Gasteiger partial charge in [0.2, 0.25) is 0 Å². The standard InChI is InChI=1S/C16H15ClO3/c17-14-7-4-13(5-8-14)11-20-15-3-1-2-12(10-15)6-9-16(18)19/h1-5,7-8,10H,6,9,11H2,(H,18,19). The van der Waals surface area contributed by atoms with E-state index in [4.69, 9.17) is 21.4 Å². The van der Waals surface area contributed by atoms with Crippen LogP contribution < -0.4 is 4.74 Å². The molecular weight excluding hydrogens is 276 g/mol. The number of aliphatic carboxylic acids is 1. The van der Waals surface area contributed by atoms with E-state index in [1.807, 2.05) is 48.5 Å². The molecule has 0 amide bonds. The molecule has 2 aromatic carbocycles. The van der Waals surface area contributed by atoms with Crippen LogP contribution in [0.15, 0.2) is 48.5 Å². The average Bonchev–Trinajstić information content (AvgIpc) is 2.45. The number of rotatable bonds is 6. The molecule has 104 valence electrons. The topological polar surface area (TPSA) is 46.5 Å². The van der Waals surface area contributed by atoms with E-state index in [9.17, 15) is 4.79 Å². The van der Waals surface area contributed by atoms with Crippen LogP contribution in [0.25, 0.3) is 0 Å². The molecule has 1 N–H and O–H groups in total. The van der Waals surface area contributed by atoms with Crippen LogP contribution >= 0.6 is 11.6 Å². The summed E-state index contributed by atoms with van der Waals surface area (Å²) in [5.41, 5.74) is 1.99. The molecule has 20 heavy (non-hydrogen) atoms. The Morgan fingerprint density at radius 2 is 1.85 bits per heavy atom. The number of halogens is 1. The molecule has 0 radical (unpaired) electrons. The lowest BCUT2D eigenvalue weighted by Gasteiger charge is -2.08. The zero-order chi connectivity index (χ0) is 14.4. The third-order valence-corrected chi connectivity index (χ3v) is 3.10. The van der Waals surface area contributed by atoms with E-state index < -0.39 is 5.97 Å². The van der Waals surface area contributed by atoms with Crippen molar-refractivity contribution in [3.63, 3.8) is 0 Å². The van der Waals surface area contributed by atoms with Gasteiger partial charge in [-0.2, -0.15) is 0 Å². The molecule has 0 aliphatic carbocycles. The third-order valence-electron chi connectivity index (χ3n) is 2.84. The molecule has 2 rings (SSSR count). The molecule has 0 saturated carbocycles. The van der Waals surface area contributed by atoms with Gasteiger partial charge in [0.1, 0.15) is 12.4 Å². The Bertz CT molecular complexity index is 579. The van der Waals surface area contributed by atoms with Crippen LogP contribution in [0.5, 0.6) is 5.75 Å². The quantitative estimate of drug-likeness (QED) is 0.876. The average molecular weight is 291 g/mol.